The lowest BCUT2D eigenvalue weighted by molar-refractivity contribution is 0.630. The number of aromatic nitrogens is 1. The summed E-state index contributed by atoms with van der Waals surface area (Å²) in [5.74, 6) is -0.186. The Morgan fingerprint density at radius 2 is 1.75 bits per heavy atom. The van der Waals surface area contributed by atoms with Crippen molar-refractivity contribution in [2.24, 2.45) is 0 Å². The summed E-state index contributed by atoms with van der Waals surface area (Å²) in [6, 6.07) is 9.05. The molecule has 0 fully saturated rings. The summed E-state index contributed by atoms with van der Waals surface area (Å²) in [4.78, 5) is 3.35. The number of aromatic amines is 1. The molecule has 0 saturated carbocycles. The van der Waals surface area contributed by atoms with Crippen LogP contribution < -0.4 is 0 Å². The second-order valence-corrected chi connectivity index (χ2v) is 4.26. The Morgan fingerprint density at radius 3 is 2.56 bits per heavy atom. The lowest BCUT2D eigenvalue weighted by Crippen LogP contribution is -1.79. The second kappa shape index (κ2) is 3.08. The summed E-state index contributed by atoms with van der Waals surface area (Å²) < 4.78 is 13.3. The first-order valence-corrected chi connectivity index (χ1v) is 5.34. The molecule has 0 aliphatic rings. The van der Waals surface area contributed by atoms with Gasteiger partial charge in [-0.15, -0.1) is 0 Å². The van der Waals surface area contributed by atoms with E-state index in [1.54, 1.807) is 12.1 Å². The molecule has 2 heteroatoms. The Balaban J connectivity index is 2.62. The van der Waals surface area contributed by atoms with Gasteiger partial charge in [-0.25, -0.2) is 4.39 Å². The summed E-state index contributed by atoms with van der Waals surface area (Å²) in [5.41, 5.74) is 4.48. The van der Waals surface area contributed by atoms with Crippen LogP contribution in [0.5, 0.6) is 0 Å². The van der Waals surface area contributed by atoms with Crippen molar-refractivity contribution in [2.45, 2.75) is 13.8 Å². The van der Waals surface area contributed by atoms with Crippen molar-refractivity contribution in [2.75, 3.05) is 0 Å². The summed E-state index contributed by atoms with van der Waals surface area (Å²) in [6.07, 6.45) is 0. The molecule has 80 valence electrons. The quantitative estimate of drug-likeness (QED) is 0.579. The van der Waals surface area contributed by atoms with E-state index in [0.717, 1.165) is 21.8 Å². The first kappa shape index (κ1) is 9.40. The molecule has 0 radical (unpaired) electrons. The Kier molecular flexibility index (Phi) is 1.81. The van der Waals surface area contributed by atoms with Crippen LogP contribution in [-0.2, 0) is 0 Å². The second-order valence-electron chi connectivity index (χ2n) is 4.26. The SMILES string of the molecule is Cc1ccc(C)c2c1[nH]c1ccc(F)cc12. The maximum absolute atomic E-state index is 13.3. The van der Waals surface area contributed by atoms with Crippen LogP contribution in [0.15, 0.2) is 30.3 Å². The third-order valence-corrected chi connectivity index (χ3v) is 3.13. The van der Waals surface area contributed by atoms with Gasteiger partial charge in [-0.1, -0.05) is 12.1 Å². The summed E-state index contributed by atoms with van der Waals surface area (Å²) in [5, 5.41) is 2.10. The van der Waals surface area contributed by atoms with Gasteiger partial charge in [0.05, 0.1) is 0 Å². The first-order chi connectivity index (χ1) is 7.66. The molecule has 0 aliphatic heterocycles. The van der Waals surface area contributed by atoms with Crippen molar-refractivity contribution in [3.8, 4) is 0 Å². The number of nitrogens with one attached hydrogen (secondary N) is 1. The molecule has 0 atom stereocenters. The lowest BCUT2D eigenvalue weighted by Gasteiger charge is -1.99. The minimum absolute atomic E-state index is 0.186. The van der Waals surface area contributed by atoms with Gasteiger partial charge in [-0.2, -0.15) is 0 Å². The van der Waals surface area contributed by atoms with Gasteiger partial charge in [0.15, 0.2) is 0 Å². The molecular formula is C14H12FN. The highest BCUT2D eigenvalue weighted by atomic mass is 19.1. The number of benzene rings is 2. The summed E-state index contributed by atoms with van der Waals surface area (Å²) >= 11 is 0. The van der Waals surface area contributed by atoms with Crippen LogP contribution in [0.25, 0.3) is 21.8 Å². The predicted octanol–water partition coefficient (Wildman–Crippen LogP) is 4.08. The van der Waals surface area contributed by atoms with E-state index in [-0.39, 0.29) is 5.82 Å². The van der Waals surface area contributed by atoms with Crippen LogP contribution in [0.4, 0.5) is 4.39 Å². The van der Waals surface area contributed by atoms with E-state index in [1.165, 1.54) is 17.2 Å². The minimum Gasteiger partial charge on any atom is -0.354 e. The van der Waals surface area contributed by atoms with Gasteiger partial charge in [-0.3, -0.25) is 0 Å². The fourth-order valence-corrected chi connectivity index (χ4v) is 2.29. The van der Waals surface area contributed by atoms with E-state index in [2.05, 4.69) is 31.0 Å². The van der Waals surface area contributed by atoms with Gasteiger partial charge in [0.1, 0.15) is 5.82 Å². The smallest absolute Gasteiger partial charge is 0.123 e. The van der Waals surface area contributed by atoms with Gasteiger partial charge in [-0.05, 0) is 43.2 Å². The van der Waals surface area contributed by atoms with Gasteiger partial charge < -0.3 is 4.98 Å². The molecule has 0 unspecified atom stereocenters. The molecule has 3 aromatic rings. The van der Waals surface area contributed by atoms with E-state index in [4.69, 9.17) is 0 Å². The van der Waals surface area contributed by atoms with Crippen LogP contribution >= 0.6 is 0 Å². The molecule has 2 aromatic carbocycles. The van der Waals surface area contributed by atoms with Gasteiger partial charge in [0.2, 0.25) is 0 Å². The molecule has 16 heavy (non-hydrogen) atoms. The van der Waals surface area contributed by atoms with Crippen molar-refractivity contribution >= 4 is 21.8 Å². The Morgan fingerprint density at radius 1 is 1.00 bits per heavy atom. The van der Waals surface area contributed by atoms with Crippen LogP contribution in [0.2, 0.25) is 0 Å². The first-order valence-electron chi connectivity index (χ1n) is 5.34. The number of aryl methyl sites for hydroxylation is 2. The Hall–Kier alpha value is -1.83. The fourth-order valence-electron chi connectivity index (χ4n) is 2.29. The number of halogens is 1. The lowest BCUT2D eigenvalue weighted by atomic mass is 10.0. The van der Waals surface area contributed by atoms with Gasteiger partial charge in [0, 0.05) is 21.8 Å². The van der Waals surface area contributed by atoms with Crippen molar-refractivity contribution in [3.63, 3.8) is 0 Å². The third kappa shape index (κ3) is 1.16. The topological polar surface area (TPSA) is 15.8 Å². The number of H-pyrrole nitrogens is 1. The average molecular weight is 213 g/mol. The van der Waals surface area contributed by atoms with E-state index < -0.39 is 0 Å². The zero-order valence-electron chi connectivity index (χ0n) is 9.26. The van der Waals surface area contributed by atoms with E-state index in [1.807, 2.05) is 0 Å². The predicted molar refractivity (Wildman–Crippen MR) is 65.2 cm³/mol. The molecule has 1 heterocycles. The molecule has 0 bridgehead atoms. The van der Waals surface area contributed by atoms with Gasteiger partial charge in [0.25, 0.3) is 0 Å². The highest BCUT2D eigenvalue weighted by Gasteiger charge is 2.08. The van der Waals surface area contributed by atoms with Gasteiger partial charge >= 0.3 is 0 Å². The molecular weight excluding hydrogens is 201 g/mol. The average Bonchev–Trinajstić information content (AvgIpc) is 2.63. The molecule has 0 spiro atoms. The number of hydrogen-bond donors (Lipinski definition) is 1. The zero-order chi connectivity index (χ0) is 11.3. The Bertz CT molecular complexity index is 695. The summed E-state index contributed by atoms with van der Waals surface area (Å²) in [7, 11) is 0. The molecule has 0 amide bonds. The van der Waals surface area contributed by atoms with Crippen LogP contribution in [0, 0.1) is 19.7 Å². The van der Waals surface area contributed by atoms with Crippen molar-refractivity contribution in [1.82, 2.24) is 4.98 Å². The maximum Gasteiger partial charge on any atom is 0.123 e. The van der Waals surface area contributed by atoms with Crippen LogP contribution in [0.3, 0.4) is 0 Å². The van der Waals surface area contributed by atoms with Crippen molar-refractivity contribution in [3.05, 3.63) is 47.3 Å². The standard InChI is InChI=1S/C14H12FN/c1-8-3-4-9(2)14-13(8)11-7-10(15)5-6-12(11)16-14/h3-7,16H,1-2H3. The monoisotopic (exact) mass is 213 g/mol. The molecule has 1 N–H and O–H groups in total. The highest BCUT2D eigenvalue weighted by Crippen LogP contribution is 2.30. The van der Waals surface area contributed by atoms with Crippen molar-refractivity contribution in [1.29, 1.82) is 0 Å². The third-order valence-electron chi connectivity index (χ3n) is 3.13. The number of hydrogen-bond acceptors (Lipinski definition) is 0. The zero-order valence-corrected chi connectivity index (χ0v) is 9.26. The molecule has 0 saturated heterocycles. The Labute approximate surface area is 92.9 Å². The largest absolute Gasteiger partial charge is 0.354 e. The van der Waals surface area contributed by atoms with E-state index in [9.17, 15) is 4.39 Å². The summed E-state index contributed by atoms with van der Waals surface area (Å²) in [6.45, 7) is 4.12. The molecule has 1 aromatic heterocycles. The normalized spacial score (nSPS) is 11.4. The number of rotatable bonds is 0. The van der Waals surface area contributed by atoms with E-state index in [0.29, 0.717) is 0 Å². The van der Waals surface area contributed by atoms with Crippen LogP contribution in [-0.4, -0.2) is 4.98 Å². The van der Waals surface area contributed by atoms with Crippen molar-refractivity contribution < 1.29 is 4.39 Å². The highest BCUT2D eigenvalue weighted by molar-refractivity contribution is 6.09. The molecule has 3 rings (SSSR count). The minimum atomic E-state index is -0.186. The molecule has 0 aliphatic carbocycles. The number of fused-ring (bicyclic) bond motifs is 3. The van der Waals surface area contributed by atoms with E-state index >= 15 is 0 Å². The maximum atomic E-state index is 13.3. The van der Waals surface area contributed by atoms with Crippen LogP contribution in [0.1, 0.15) is 11.1 Å². The molecule has 1 nitrogen and oxygen atoms in total. The fraction of sp³-hybridized carbons (Fsp3) is 0.143.